The Kier molecular flexibility index (Phi) is 5.56. The molecular weight excluding hydrogens is 310 g/mol. The van der Waals surface area contributed by atoms with Crippen molar-refractivity contribution >= 4 is 17.9 Å². The van der Waals surface area contributed by atoms with Crippen molar-refractivity contribution in [2.45, 2.75) is 23.6 Å². The van der Waals surface area contributed by atoms with Crippen LogP contribution in [0.3, 0.4) is 0 Å². The quantitative estimate of drug-likeness (QED) is 0.624. The number of hydrogen-bond acceptors (Lipinski definition) is 4. The van der Waals surface area contributed by atoms with Crippen molar-refractivity contribution in [1.82, 2.24) is 5.32 Å². The third-order valence-electron chi connectivity index (χ3n) is 3.50. The maximum atomic E-state index is 12.0. The van der Waals surface area contributed by atoms with Gasteiger partial charge in [0.1, 0.15) is 12.7 Å². The molecule has 1 aliphatic rings. The van der Waals surface area contributed by atoms with E-state index in [-0.39, 0.29) is 18.8 Å². The third-order valence-corrected chi connectivity index (χ3v) is 4.63. The normalized spacial score (nSPS) is 17.3. The molecule has 1 fully saturated rings. The monoisotopic (exact) mass is 329 g/mol. The number of thioether (sulfide) groups is 1. The van der Waals surface area contributed by atoms with E-state index in [0.29, 0.717) is 6.61 Å². The van der Waals surface area contributed by atoms with Gasteiger partial charge in [-0.25, -0.2) is 4.79 Å². The molecular formula is C18H19NO3S. The maximum Gasteiger partial charge on any atom is 0.407 e. The first-order valence-corrected chi connectivity index (χ1v) is 8.56. The van der Waals surface area contributed by atoms with Crippen LogP contribution in [0, 0.1) is 0 Å². The molecule has 5 heteroatoms. The van der Waals surface area contributed by atoms with Crippen molar-refractivity contribution in [3.63, 3.8) is 0 Å². The number of nitrogens with one attached hydrogen (secondary N) is 1. The van der Waals surface area contributed by atoms with E-state index in [2.05, 4.69) is 17.4 Å². The maximum absolute atomic E-state index is 12.0. The van der Waals surface area contributed by atoms with Gasteiger partial charge in [-0.05, 0) is 17.7 Å². The molecule has 1 heterocycles. The molecule has 1 N–H and O–H groups in total. The Hall–Kier alpha value is -1.98. The zero-order valence-electron chi connectivity index (χ0n) is 12.7. The summed E-state index contributed by atoms with van der Waals surface area (Å²) in [4.78, 5) is 13.2. The Morgan fingerprint density at radius 2 is 1.83 bits per heavy atom. The third kappa shape index (κ3) is 5.30. The van der Waals surface area contributed by atoms with Crippen LogP contribution in [0.1, 0.15) is 5.56 Å². The second-order valence-electron chi connectivity index (χ2n) is 5.31. The first-order chi connectivity index (χ1) is 11.3. The number of alkyl carbamates (subject to hydrolysis) is 1. The summed E-state index contributed by atoms with van der Waals surface area (Å²) in [5, 5.41) is 2.91. The molecule has 4 nitrogen and oxygen atoms in total. The highest BCUT2D eigenvalue weighted by Crippen LogP contribution is 2.23. The molecule has 2 aromatic carbocycles. The van der Waals surface area contributed by atoms with Gasteiger partial charge in [-0.2, -0.15) is 0 Å². The summed E-state index contributed by atoms with van der Waals surface area (Å²) in [6.07, 6.45) is -0.307. The standard InChI is InChI=1S/C18H19NO3S/c20-18(22-11-14-7-3-1-4-8-14)19-16(17-12-21-17)13-23-15-9-5-2-6-10-15/h1-10,16-17H,11-13H2,(H,19,20)/t16?,17-/m1/s1. The number of carbonyl (C=O) groups excluding carboxylic acids is 1. The Labute approximate surface area is 140 Å². The van der Waals surface area contributed by atoms with Gasteiger partial charge in [-0.3, -0.25) is 0 Å². The number of hydrogen-bond donors (Lipinski definition) is 1. The van der Waals surface area contributed by atoms with Gasteiger partial charge in [0, 0.05) is 10.6 Å². The van der Waals surface area contributed by atoms with E-state index >= 15 is 0 Å². The molecule has 1 unspecified atom stereocenters. The smallest absolute Gasteiger partial charge is 0.407 e. The summed E-state index contributed by atoms with van der Waals surface area (Å²) in [5.74, 6) is 0.759. The van der Waals surface area contributed by atoms with Crippen molar-refractivity contribution in [2.24, 2.45) is 0 Å². The van der Waals surface area contributed by atoms with Crippen molar-refractivity contribution in [3.8, 4) is 0 Å². The predicted octanol–water partition coefficient (Wildman–Crippen LogP) is 3.47. The zero-order valence-corrected chi connectivity index (χ0v) is 13.5. The molecule has 0 radical (unpaired) electrons. The molecule has 1 amide bonds. The minimum Gasteiger partial charge on any atom is -0.445 e. The fraction of sp³-hybridized carbons (Fsp3) is 0.278. The molecule has 120 valence electrons. The fourth-order valence-corrected chi connectivity index (χ4v) is 3.17. The van der Waals surface area contributed by atoms with Crippen LogP contribution in [0.2, 0.25) is 0 Å². The summed E-state index contributed by atoms with van der Waals surface area (Å²) in [7, 11) is 0. The summed E-state index contributed by atoms with van der Waals surface area (Å²) in [6, 6.07) is 19.7. The first kappa shape index (κ1) is 15.9. The van der Waals surface area contributed by atoms with Crippen LogP contribution < -0.4 is 5.32 Å². The summed E-state index contributed by atoms with van der Waals surface area (Å²) >= 11 is 1.70. The van der Waals surface area contributed by atoms with Gasteiger partial charge in [0.05, 0.1) is 12.6 Å². The van der Waals surface area contributed by atoms with E-state index in [4.69, 9.17) is 9.47 Å². The van der Waals surface area contributed by atoms with Crippen molar-refractivity contribution in [3.05, 3.63) is 66.2 Å². The summed E-state index contributed by atoms with van der Waals surface area (Å²) < 4.78 is 10.6. The van der Waals surface area contributed by atoms with Gasteiger partial charge in [0.25, 0.3) is 0 Å². The predicted molar refractivity (Wildman–Crippen MR) is 90.5 cm³/mol. The highest BCUT2D eigenvalue weighted by molar-refractivity contribution is 7.99. The Bertz CT molecular complexity index is 617. The van der Waals surface area contributed by atoms with E-state index in [1.54, 1.807) is 11.8 Å². The molecule has 23 heavy (non-hydrogen) atoms. The largest absolute Gasteiger partial charge is 0.445 e. The number of amides is 1. The van der Waals surface area contributed by atoms with E-state index in [0.717, 1.165) is 11.3 Å². The molecule has 2 aromatic rings. The second kappa shape index (κ2) is 8.04. The molecule has 0 aliphatic carbocycles. The minimum atomic E-state index is -0.400. The lowest BCUT2D eigenvalue weighted by atomic mass is 10.2. The average molecular weight is 329 g/mol. The van der Waals surface area contributed by atoms with Gasteiger partial charge in [0.2, 0.25) is 0 Å². The van der Waals surface area contributed by atoms with Crippen LogP contribution in [0.4, 0.5) is 4.79 Å². The van der Waals surface area contributed by atoms with Gasteiger partial charge in [0.15, 0.2) is 0 Å². The lowest BCUT2D eigenvalue weighted by molar-refractivity contribution is 0.134. The number of carbonyl (C=O) groups is 1. The van der Waals surface area contributed by atoms with Crippen LogP contribution in [0.25, 0.3) is 0 Å². The molecule has 0 aromatic heterocycles. The Morgan fingerprint density at radius 1 is 1.17 bits per heavy atom. The van der Waals surface area contributed by atoms with Crippen molar-refractivity contribution in [2.75, 3.05) is 12.4 Å². The molecule has 1 aliphatic heterocycles. The molecule has 1 saturated heterocycles. The van der Waals surface area contributed by atoms with Crippen LogP contribution in [-0.4, -0.2) is 30.6 Å². The summed E-state index contributed by atoms with van der Waals surface area (Å²) in [5.41, 5.74) is 0.973. The van der Waals surface area contributed by atoms with Gasteiger partial charge < -0.3 is 14.8 Å². The Balaban J connectivity index is 1.46. The minimum absolute atomic E-state index is 0.0384. The molecule has 0 saturated carbocycles. The van der Waals surface area contributed by atoms with E-state index in [1.165, 1.54) is 4.90 Å². The van der Waals surface area contributed by atoms with Gasteiger partial charge >= 0.3 is 6.09 Å². The van der Waals surface area contributed by atoms with Gasteiger partial charge in [-0.1, -0.05) is 48.5 Å². The fourth-order valence-electron chi connectivity index (χ4n) is 2.15. The van der Waals surface area contributed by atoms with E-state index in [9.17, 15) is 4.79 Å². The Morgan fingerprint density at radius 3 is 2.48 bits per heavy atom. The number of benzene rings is 2. The van der Waals surface area contributed by atoms with Crippen LogP contribution in [-0.2, 0) is 16.1 Å². The molecule has 0 bridgehead atoms. The van der Waals surface area contributed by atoms with Crippen LogP contribution in [0.15, 0.2) is 65.6 Å². The first-order valence-electron chi connectivity index (χ1n) is 7.58. The average Bonchev–Trinajstić information content (AvgIpc) is 3.43. The highest BCUT2D eigenvalue weighted by atomic mass is 32.2. The van der Waals surface area contributed by atoms with Crippen LogP contribution >= 0.6 is 11.8 Å². The van der Waals surface area contributed by atoms with Crippen LogP contribution in [0.5, 0.6) is 0 Å². The second-order valence-corrected chi connectivity index (χ2v) is 6.40. The summed E-state index contributed by atoms with van der Waals surface area (Å²) in [6.45, 7) is 0.968. The molecule has 3 rings (SSSR count). The SMILES string of the molecule is O=C(NC(CSc1ccccc1)[C@H]1CO1)OCc1ccccc1. The zero-order chi connectivity index (χ0) is 15.9. The van der Waals surface area contributed by atoms with Crippen molar-refractivity contribution < 1.29 is 14.3 Å². The lowest BCUT2D eigenvalue weighted by Gasteiger charge is -2.16. The topological polar surface area (TPSA) is 50.9 Å². The number of rotatable bonds is 7. The van der Waals surface area contributed by atoms with Crippen molar-refractivity contribution in [1.29, 1.82) is 0 Å². The van der Waals surface area contributed by atoms with E-state index in [1.807, 2.05) is 48.5 Å². The highest BCUT2D eigenvalue weighted by Gasteiger charge is 2.34. The number of ether oxygens (including phenoxy) is 2. The molecule has 2 atom stereocenters. The van der Waals surface area contributed by atoms with E-state index < -0.39 is 6.09 Å². The van der Waals surface area contributed by atoms with Gasteiger partial charge in [-0.15, -0.1) is 11.8 Å². The molecule has 0 spiro atoms. The lowest BCUT2D eigenvalue weighted by Crippen LogP contribution is -2.40. The number of epoxide rings is 1.